The highest BCUT2D eigenvalue weighted by Crippen LogP contribution is 2.35. The van der Waals surface area contributed by atoms with Crippen LogP contribution in [0.1, 0.15) is 17.5 Å². The van der Waals surface area contributed by atoms with Crippen molar-refractivity contribution in [3.05, 3.63) is 71.8 Å². The van der Waals surface area contributed by atoms with Gasteiger partial charge in [0.25, 0.3) is 0 Å². The fraction of sp³-hybridized carbons (Fsp3) is 0.176. The third-order valence-electron chi connectivity index (χ3n) is 3.83. The fourth-order valence-corrected chi connectivity index (χ4v) is 2.82. The van der Waals surface area contributed by atoms with Gasteiger partial charge in [0.1, 0.15) is 0 Å². The van der Waals surface area contributed by atoms with Crippen LogP contribution in [0.25, 0.3) is 0 Å². The van der Waals surface area contributed by atoms with Gasteiger partial charge in [-0.3, -0.25) is 14.9 Å². The molecule has 1 atom stereocenters. The molecule has 20 heavy (non-hydrogen) atoms. The van der Waals surface area contributed by atoms with Gasteiger partial charge in [-0.1, -0.05) is 60.7 Å². The minimum atomic E-state index is -0.778. The second kappa shape index (κ2) is 4.93. The van der Waals surface area contributed by atoms with Crippen molar-refractivity contribution < 1.29 is 9.59 Å². The van der Waals surface area contributed by atoms with E-state index >= 15 is 0 Å². The molecule has 3 heteroatoms. The van der Waals surface area contributed by atoms with Gasteiger partial charge in [-0.25, -0.2) is 0 Å². The van der Waals surface area contributed by atoms with Crippen molar-refractivity contribution in [2.45, 2.75) is 18.3 Å². The van der Waals surface area contributed by atoms with Crippen LogP contribution in [0, 0.1) is 0 Å². The number of carbonyl (C=O) groups excluding carboxylic acids is 2. The number of nitrogens with one attached hydrogen (secondary N) is 1. The smallest absolute Gasteiger partial charge is 0.238 e. The van der Waals surface area contributed by atoms with Crippen LogP contribution in [0.4, 0.5) is 0 Å². The lowest BCUT2D eigenvalue weighted by Gasteiger charge is -2.26. The molecule has 2 aromatic rings. The van der Waals surface area contributed by atoms with E-state index in [1.165, 1.54) is 0 Å². The van der Waals surface area contributed by atoms with Gasteiger partial charge in [-0.15, -0.1) is 0 Å². The number of benzene rings is 2. The lowest BCUT2D eigenvalue weighted by molar-refractivity contribution is -0.126. The summed E-state index contributed by atoms with van der Waals surface area (Å²) in [7, 11) is 0. The molecule has 0 spiro atoms. The van der Waals surface area contributed by atoms with Crippen molar-refractivity contribution in [2.24, 2.45) is 0 Å². The Kier molecular flexibility index (Phi) is 3.11. The molecule has 0 unspecified atom stereocenters. The second-order valence-electron chi connectivity index (χ2n) is 5.16. The van der Waals surface area contributed by atoms with Crippen molar-refractivity contribution in [3.63, 3.8) is 0 Å². The highest BCUT2D eigenvalue weighted by atomic mass is 16.2. The van der Waals surface area contributed by atoms with Gasteiger partial charge >= 0.3 is 0 Å². The quantitative estimate of drug-likeness (QED) is 0.865. The Bertz CT molecular complexity index is 637. The molecule has 3 rings (SSSR count). The summed E-state index contributed by atoms with van der Waals surface area (Å²) in [4.78, 5) is 24.1. The number of imide groups is 1. The third kappa shape index (κ3) is 2.11. The highest BCUT2D eigenvalue weighted by molar-refractivity contribution is 6.09. The lowest BCUT2D eigenvalue weighted by atomic mass is 9.74. The Morgan fingerprint density at radius 2 is 1.50 bits per heavy atom. The molecule has 0 aliphatic carbocycles. The van der Waals surface area contributed by atoms with E-state index in [1.807, 2.05) is 60.7 Å². The molecule has 0 bridgehead atoms. The molecule has 1 saturated heterocycles. The molecule has 0 saturated carbocycles. The Labute approximate surface area is 117 Å². The number of amides is 2. The average molecular weight is 265 g/mol. The van der Waals surface area contributed by atoms with Gasteiger partial charge in [0.15, 0.2) is 0 Å². The van der Waals surface area contributed by atoms with Gasteiger partial charge in [0.05, 0.1) is 5.41 Å². The maximum absolute atomic E-state index is 12.4. The van der Waals surface area contributed by atoms with Crippen LogP contribution in [0.3, 0.4) is 0 Å². The Morgan fingerprint density at radius 3 is 2.05 bits per heavy atom. The zero-order valence-corrected chi connectivity index (χ0v) is 11.0. The summed E-state index contributed by atoms with van der Waals surface area (Å²) in [5, 5.41) is 2.45. The molecule has 1 heterocycles. The molecular weight excluding hydrogens is 250 g/mol. The van der Waals surface area contributed by atoms with E-state index in [0.29, 0.717) is 6.42 Å². The molecule has 3 nitrogen and oxygen atoms in total. The average Bonchev–Trinajstić information content (AvgIpc) is 2.76. The van der Waals surface area contributed by atoms with Gasteiger partial charge in [-0.2, -0.15) is 0 Å². The summed E-state index contributed by atoms with van der Waals surface area (Å²) in [5.41, 5.74) is 1.17. The lowest BCUT2D eigenvalue weighted by Crippen LogP contribution is -2.37. The van der Waals surface area contributed by atoms with Crippen LogP contribution in [0.5, 0.6) is 0 Å². The molecule has 2 aromatic carbocycles. The standard InChI is InChI=1S/C17H15NO2/c19-15-12-17(16(20)18-15,14-9-5-2-6-10-14)11-13-7-3-1-4-8-13/h1-10H,11-12H2,(H,18,19,20)/t17-/m0/s1. The minimum Gasteiger partial charge on any atom is -0.296 e. The van der Waals surface area contributed by atoms with Crippen LogP contribution in [-0.4, -0.2) is 11.8 Å². The molecule has 0 aromatic heterocycles. The van der Waals surface area contributed by atoms with Crippen molar-refractivity contribution >= 4 is 11.8 Å². The first-order valence-corrected chi connectivity index (χ1v) is 6.64. The summed E-state index contributed by atoms with van der Waals surface area (Å²) in [6, 6.07) is 19.4. The van der Waals surface area contributed by atoms with Crippen molar-refractivity contribution in [2.75, 3.05) is 0 Å². The van der Waals surface area contributed by atoms with Crippen LogP contribution in [-0.2, 0) is 21.4 Å². The summed E-state index contributed by atoms with van der Waals surface area (Å²) >= 11 is 0. The molecule has 100 valence electrons. The Hall–Kier alpha value is -2.42. The van der Waals surface area contributed by atoms with Crippen molar-refractivity contribution in [3.8, 4) is 0 Å². The SMILES string of the molecule is O=C1C[C@@](Cc2ccccc2)(c2ccccc2)C(=O)N1. The summed E-state index contributed by atoms with van der Waals surface area (Å²) < 4.78 is 0. The van der Waals surface area contributed by atoms with Crippen molar-refractivity contribution in [1.29, 1.82) is 0 Å². The van der Waals surface area contributed by atoms with E-state index < -0.39 is 5.41 Å². The number of carbonyl (C=O) groups is 2. The first kappa shape index (κ1) is 12.6. The topological polar surface area (TPSA) is 46.2 Å². The van der Waals surface area contributed by atoms with Crippen LogP contribution >= 0.6 is 0 Å². The van der Waals surface area contributed by atoms with E-state index in [1.54, 1.807) is 0 Å². The largest absolute Gasteiger partial charge is 0.296 e. The molecule has 0 radical (unpaired) electrons. The van der Waals surface area contributed by atoms with Gasteiger partial charge in [-0.05, 0) is 17.5 Å². The molecule has 1 aliphatic heterocycles. The number of hydrogen-bond donors (Lipinski definition) is 1. The van der Waals surface area contributed by atoms with Crippen LogP contribution < -0.4 is 5.32 Å². The van der Waals surface area contributed by atoms with E-state index in [-0.39, 0.29) is 18.2 Å². The van der Waals surface area contributed by atoms with Crippen LogP contribution in [0.15, 0.2) is 60.7 Å². The molecule has 2 amide bonds. The van der Waals surface area contributed by atoms with Gasteiger partial charge in [0, 0.05) is 6.42 Å². The van der Waals surface area contributed by atoms with E-state index in [9.17, 15) is 9.59 Å². The molecule has 1 fully saturated rings. The predicted octanol–water partition coefficient (Wildman–Crippen LogP) is 2.21. The summed E-state index contributed by atoms with van der Waals surface area (Å²) in [5.74, 6) is -0.396. The fourth-order valence-electron chi connectivity index (χ4n) is 2.82. The van der Waals surface area contributed by atoms with E-state index in [4.69, 9.17) is 0 Å². The maximum Gasteiger partial charge on any atom is 0.238 e. The Balaban J connectivity index is 2.05. The normalized spacial score (nSPS) is 21.8. The van der Waals surface area contributed by atoms with Crippen molar-refractivity contribution in [1.82, 2.24) is 5.32 Å². The number of rotatable bonds is 3. The van der Waals surface area contributed by atoms with Crippen LogP contribution in [0.2, 0.25) is 0 Å². The second-order valence-corrected chi connectivity index (χ2v) is 5.16. The zero-order valence-electron chi connectivity index (χ0n) is 11.0. The predicted molar refractivity (Wildman–Crippen MR) is 76.0 cm³/mol. The first-order valence-electron chi connectivity index (χ1n) is 6.64. The monoisotopic (exact) mass is 265 g/mol. The third-order valence-corrected chi connectivity index (χ3v) is 3.83. The molecule has 1 aliphatic rings. The molecule has 1 N–H and O–H groups in total. The maximum atomic E-state index is 12.4. The van der Waals surface area contributed by atoms with E-state index in [0.717, 1.165) is 11.1 Å². The Morgan fingerprint density at radius 1 is 0.900 bits per heavy atom. The molecular formula is C17H15NO2. The minimum absolute atomic E-state index is 0.197. The van der Waals surface area contributed by atoms with Gasteiger partial charge in [0.2, 0.25) is 11.8 Å². The highest BCUT2D eigenvalue weighted by Gasteiger charge is 2.47. The summed E-state index contributed by atoms with van der Waals surface area (Å²) in [6.45, 7) is 0. The first-order chi connectivity index (χ1) is 9.71. The van der Waals surface area contributed by atoms with E-state index in [2.05, 4.69) is 5.32 Å². The zero-order chi connectivity index (χ0) is 14.0. The van der Waals surface area contributed by atoms with Gasteiger partial charge < -0.3 is 0 Å². The number of hydrogen-bond acceptors (Lipinski definition) is 2. The summed E-state index contributed by atoms with van der Waals surface area (Å²) in [6.07, 6.45) is 0.750.